The molecule has 0 saturated carbocycles. The normalized spacial score (nSPS) is 10.3. The van der Waals surface area contributed by atoms with E-state index in [0.717, 1.165) is 11.4 Å². The van der Waals surface area contributed by atoms with Gasteiger partial charge >= 0.3 is 0 Å². The summed E-state index contributed by atoms with van der Waals surface area (Å²) in [6, 6.07) is 11.7. The van der Waals surface area contributed by atoms with E-state index in [1.807, 2.05) is 43.3 Å². The molecule has 1 aromatic carbocycles. The Morgan fingerprint density at radius 1 is 1.19 bits per heavy atom. The third-order valence-corrected chi connectivity index (χ3v) is 2.86. The molecule has 0 atom stereocenters. The highest BCUT2D eigenvalue weighted by molar-refractivity contribution is 5.55. The van der Waals surface area contributed by atoms with Crippen LogP contribution < -0.4 is 10.6 Å². The molecule has 0 fully saturated rings. The molecule has 0 unspecified atom stereocenters. The molecule has 0 amide bonds. The van der Waals surface area contributed by atoms with Gasteiger partial charge in [0.2, 0.25) is 5.95 Å². The lowest BCUT2D eigenvalue weighted by Gasteiger charge is -2.07. The smallest absolute Gasteiger partial charge is 0.249 e. The molecule has 106 valence electrons. The van der Waals surface area contributed by atoms with E-state index in [0.29, 0.717) is 18.3 Å². The first-order chi connectivity index (χ1) is 10.3. The number of benzene rings is 1. The van der Waals surface area contributed by atoms with Gasteiger partial charge in [-0.05, 0) is 36.8 Å². The Balaban J connectivity index is 1.68. The van der Waals surface area contributed by atoms with E-state index in [2.05, 4.69) is 25.8 Å². The summed E-state index contributed by atoms with van der Waals surface area (Å²) in [5.74, 6) is 1.92. The first-order valence-electron chi connectivity index (χ1n) is 6.59. The van der Waals surface area contributed by atoms with E-state index >= 15 is 0 Å². The Morgan fingerprint density at radius 3 is 2.95 bits per heavy atom. The van der Waals surface area contributed by atoms with Gasteiger partial charge in [-0.3, -0.25) is 0 Å². The lowest BCUT2D eigenvalue weighted by Crippen LogP contribution is -2.05. The molecule has 0 aliphatic rings. The summed E-state index contributed by atoms with van der Waals surface area (Å²) in [5.41, 5.74) is 2.10. The molecule has 0 radical (unpaired) electrons. The number of anilines is 3. The summed E-state index contributed by atoms with van der Waals surface area (Å²) in [6.45, 7) is 2.58. The van der Waals surface area contributed by atoms with Crippen molar-refractivity contribution in [1.29, 1.82) is 0 Å². The molecular formula is C15H15N5O. The Bertz CT molecular complexity index is 712. The monoisotopic (exact) mass is 281 g/mol. The fourth-order valence-electron chi connectivity index (χ4n) is 1.88. The minimum Gasteiger partial charge on any atom is -0.467 e. The summed E-state index contributed by atoms with van der Waals surface area (Å²) < 4.78 is 5.25. The van der Waals surface area contributed by atoms with Gasteiger partial charge in [0.1, 0.15) is 5.76 Å². The SMILES string of the molecule is Cc1cccc(Nc2nncc(NCc3ccco3)n2)c1. The summed E-state index contributed by atoms with van der Waals surface area (Å²) in [4.78, 5) is 4.36. The van der Waals surface area contributed by atoms with Crippen LogP contribution in [0.3, 0.4) is 0 Å². The van der Waals surface area contributed by atoms with E-state index in [-0.39, 0.29) is 0 Å². The average Bonchev–Trinajstić information content (AvgIpc) is 2.99. The van der Waals surface area contributed by atoms with Gasteiger partial charge in [-0.2, -0.15) is 10.1 Å². The molecule has 2 N–H and O–H groups in total. The topological polar surface area (TPSA) is 75.9 Å². The number of rotatable bonds is 5. The Morgan fingerprint density at radius 2 is 2.14 bits per heavy atom. The van der Waals surface area contributed by atoms with Crippen molar-refractivity contribution in [3.05, 3.63) is 60.2 Å². The van der Waals surface area contributed by atoms with Crippen molar-refractivity contribution in [1.82, 2.24) is 15.2 Å². The van der Waals surface area contributed by atoms with Crippen LogP contribution in [0.2, 0.25) is 0 Å². The summed E-state index contributed by atoms with van der Waals surface area (Å²) in [5, 5.41) is 14.2. The van der Waals surface area contributed by atoms with E-state index in [1.165, 1.54) is 5.56 Å². The quantitative estimate of drug-likeness (QED) is 0.748. The van der Waals surface area contributed by atoms with Gasteiger partial charge in [-0.15, -0.1) is 5.10 Å². The van der Waals surface area contributed by atoms with Crippen LogP contribution >= 0.6 is 0 Å². The Kier molecular flexibility index (Phi) is 3.77. The molecule has 0 bridgehead atoms. The van der Waals surface area contributed by atoms with Crippen LogP contribution in [0.15, 0.2) is 53.3 Å². The average molecular weight is 281 g/mol. The molecule has 0 aliphatic heterocycles. The second kappa shape index (κ2) is 6.04. The minimum atomic E-state index is 0.449. The first kappa shape index (κ1) is 13.1. The maximum Gasteiger partial charge on any atom is 0.249 e. The molecule has 0 aliphatic carbocycles. The summed E-state index contributed by atoms with van der Waals surface area (Å²) >= 11 is 0. The van der Waals surface area contributed by atoms with Crippen LogP contribution in [0, 0.1) is 6.92 Å². The van der Waals surface area contributed by atoms with E-state index in [4.69, 9.17) is 4.42 Å². The highest BCUT2D eigenvalue weighted by Crippen LogP contribution is 2.15. The van der Waals surface area contributed by atoms with Gasteiger partial charge in [0.05, 0.1) is 19.0 Å². The molecule has 3 rings (SSSR count). The second-order valence-corrected chi connectivity index (χ2v) is 4.59. The van der Waals surface area contributed by atoms with Crippen LogP contribution in [-0.2, 0) is 6.54 Å². The van der Waals surface area contributed by atoms with E-state index in [1.54, 1.807) is 12.5 Å². The van der Waals surface area contributed by atoms with Crippen LogP contribution in [0.25, 0.3) is 0 Å². The van der Waals surface area contributed by atoms with E-state index < -0.39 is 0 Å². The van der Waals surface area contributed by atoms with Crippen LogP contribution in [-0.4, -0.2) is 15.2 Å². The number of nitrogens with zero attached hydrogens (tertiary/aromatic N) is 3. The first-order valence-corrected chi connectivity index (χ1v) is 6.59. The third kappa shape index (κ3) is 3.56. The second-order valence-electron chi connectivity index (χ2n) is 4.59. The maximum absolute atomic E-state index is 5.25. The predicted octanol–water partition coefficient (Wildman–Crippen LogP) is 3.13. The van der Waals surface area contributed by atoms with E-state index in [9.17, 15) is 0 Å². The minimum absolute atomic E-state index is 0.449. The van der Waals surface area contributed by atoms with Crippen molar-refractivity contribution in [2.75, 3.05) is 10.6 Å². The molecule has 2 aromatic heterocycles. The summed E-state index contributed by atoms with van der Waals surface area (Å²) in [6.07, 6.45) is 3.21. The number of aromatic nitrogens is 3. The molecule has 6 heteroatoms. The van der Waals surface area contributed by atoms with Crippen molar-refractivity contribution >= 4 is 17.5 Å². The highest BCUT2D eigenvalue weighted by atomic mass is 16.3. The number of nitrogens with one attached hydrogen (secondary N) is 2. The van der Waals surface area contributed by atoms with Gasteiger partial charge in [0.15, 0.2) is 5.82 Å². The van der Waals surface area contributed by atoms with Crippen molar-refractivity contribution in [2.45, 2.75) is 13.5 Å². The van der Waals surface area contributed by atoms with Crippen LogP contribution in [0.5, 0.6) is 0 Å². The van der Waals surface area contributed by atoms with Crippen molar-refractivity contribution < 1.29 is 4.42 Å². The predicted molar refractivity (Wildman–Crippen MR) is 80.3 cm³/mol. The Hall–Kier alpha value is -2.89. The largest absolute Gasteiger partial charge is 0.467 e. The maximum atomic E-state index is 5.25. The number of hydrogen-bond donors (Lipinski definition) is 2. The molecule has 3 aromatic rings. The lowest BCUT2D eigenvalue weighted by molar-refractivity contribution is 0.517. The van der Waals surface area contributed by atoms with Gasteiger partial charge in [-0.1, -0.05) is 12.1 Å². The number of hydrogen-bond acceptors (Lipinski definition) is 6. The molecule has 0 spiro atoms. The van der Waals surface area contributed by atoms with Crippen LogP contribution in [0.1, 0.15) is 11.3 Å². The molecule has 0 saturated heterocycles. The van der Waals surface area contributed by atoms with Crippen molar-refractivity contribution in [3.63, 3.8) is 0 Å². The molecular weight excluding hydrogens is 266 g/mol. The van der Waals surface area contributed by atoms with Gasteiger partial charge in [0.25, 0.3) is 0 Å². The third-order valence-electron chi connectivity index (χ3n) is 2.86. The number of aryl methyl sites for hydroxylation is 1. The molecule has 6 nitrogen and oxygen atoms in total. The zero-order valence-electron chi connectivity index (χ0n) is 11.6. The van der Waals surface area contributed by atoms with Gasteiger partial charge in [-0.25, -0.2) is 0 Å². The van der Waals surface area contributed by atoms with Gasteiger partial charge in [0, 0.05) is 5.69 Å². The number of furan rings is 1. The zero-order chi connectivity index (χ0) is 14.5. The highest BCUT2D eigenvalue weighted by Gasteiger charge is 2.02. The Labute approximate surface area is 122 Å². The summed E-state index contributed by atoms with van der Waals surface area (Å²) in [7, 11) is 0. The zero-order valence-corrected chi connectivity index (χ0v) is 11.6. The van der Waals surface area contributed by atoms with Crippen molar-refractivity contribution in [3.8, 4) is 0 Å². The fourth-order valence-corrected chi connectivity index (χ4v) is 1.88. The molecule has 2 heterocycles. The molecule has 21 heavy (non-hydrogen) atoms. The van der Waals surface area contributed by atoms with Gasteiger partial charge < -0.3 is 15.1 Å². The van der Waals surface area contributed by atoms with Crippen molar-refractivity contribution in [2.24, 2.45) is 0 Å². The lowest BCUT2D eigenvalue weighted by atomic mass is 10.2. The standard InChI is InChI=1S/C15H15N5O/c1-11-4-2-5-12(8-11)18-15-19-14(10-17-20-15)16-9-13-6-3-7-21-13/h2-8,10H,9H2,1H3,(H2,16,18,19,20). The fraction of sp³-hybridized carbons (Fsp3) is 0.133. The van der Waals surface area contributed by atoms with Crippen LogP contribution in [0.4, 0.5) is 17.5 Å².